The number of nitrogens with zero attached hydrogens (tertiary/aromatic N) is 4. The van der Waals surface area contributed by atoms with Gasteiger partial charge in [0, 0.05) is 64.7 Å². The Balaban J connectivity index is 1.45. The topological polar surface area (TPSA) is 62.6 Å². The summed E-state index contributed by atoms with van der Waals surface area (Å²) >= 11 is 0. The average Bonchev–Trinajstić information content (AvgIpc) is 3.11. The number of aromatic nitrogens is 2. The first-order valence-electron chi connectivity index (χ1n) is 8.92. The molecular formula is C17H29N5O2. The molecule has 1 N–H and O–H groups in total. The van der Waals surface area contributed by atoms with Gasteiger partial charge in [0.05, 0.1) is 12.3 Å². The van der Waals surface area contributed by atoms with Gasteiger partial charge in [-0.15, -0.1) is 0 Å². The minimum atomic E-state index is 0.0833. The largest absolute Gasteiger partial charge is 0.381 e. The van der Waals surface area contributed by atoms with Crippen LogP contribution < -0.4 is 5.32 Å². The van der Waals surface area contributed by atoms with E-state index >= 15 is 0 Å². The van der Waals surface area contributed by atoms with E-state index in [2.05, 4.69) is 21.5 Å². The number of amides is 2. The molecular weight excluding hydrogens is 306 g/mol. The molecule has 7 nitrogen and oxygen atoms in total. The Bertz CT molecular complexity index is 547. The van der Waals surface area contributed by atoms with Crippen molar-refractivity contribution < 1.29 is 9.53 Å². The van der Waals surface area contributed by atoms with E-state index in [-0.39, 0.29) is 12.1 Å². The highest BCUT2D eigenvalue weighted by molar-refractivity contribution is 5.74. The molecule has 1 aromatic rings. The highest BCUT2D eigenvalue weighted by Crippen LogP contribution is 2.21. The zero-order valence-corrected chi connectivity index (χ0v) is 14.8. The third-order valence-corrected chi connectivity index (χ3v) is 5.09. The molecule has 1 aliphatic carbocycles. The van der Waals surface area contributed by atoms with Crippen LogP contribution in [-0.2, 0) is 18.3 Å². The zero-order chi connectivity index (χ0) is 16.9. The Morgan fingerprint density at radius 3 is 2.92 bits per heavy atom. The normalized spacial score (nSPS) is 25.7. The van der Waals surface area contributed by atoms with Gasteiger partial charge in [0.1, 0.15) is 0 Å². The second kappa shape index (κ2) is 7.98. The lowest BCUT2D eigenvalue weighted by atomic mass is 10.2. The Kier molecular flexibility index (Phi) is 5.73. The van der Waals surface area contributed by atoms with Crippen LogP contribution in [0.25, 0.3) is 0 Å². The minimum Gasteiger partial charge on any atom is -0.381 e. The lowest BCUT2D eigenvalue weighted by Crippen LogP contribution is -2.45. The van der Waals surface area contributed by atoms with Crippen molar-refractivity contribution in [1.29, 1.82) is 0 Å². The lowest BCUT2D eigenvalue weighted by molar-refractivity contribution is 0.107. The van der Waals surface area contributed by atoms with E-state index in [1.807, 2.05) is 22.8 Å². The zero-order valence-electron chi connectivity index (χ0n) is 14.8. The van der Waals surface area contributed by atoms with Crippen LogP contribution >= 0.6 is 0 Å². The molecule has 3 rings (SSSR count). The van der Waals surface area contributed by atoms with Crippen LogP contribution in [0.3, 0.4) is 0 Å². The van der Waals surface area contributed by atoms with Crippen molar-refractivity contribution in [2.75, 3.05) is 33.3 Å². The number of ether oxygens (including phenoxy) is 1. The van der Waals surface area contributed by atoms with Crippen LogP contribution in [0.1, 0.15) is 31.2 Å². The van der Waals surface area contributed by atoms with Crippen LogP contribution in [0.15, 0.2) is 12.4 Å². The standard InChI is InChI=1S/C17H29N5O2/c1-20-12-14(11-18-20)13-21-6-3-7-22(9-8-21)17(23)19-15-4-5-16(10-15)24-2/h11-12,15-16H,3-10,13H2,1-2H3,(H,19,23). The summed E-state index contributed by atoms with van der Waals surface area (Å²) in [5, 5.41) is 7.41. The maximum atomic E-state index is 12.5. The van der Waals surface area contributed by atoms with E-state index < -0.39 is 0 Å². The number of carbonyl (C=O) groups is 1. The first-order chi connectivity index (χ1) is 11.6. The van der Waals surface area contributed by atoms with E-state index in [9.17, 15) is 4.79 Å². The van der Waals surface area contributed by atoms with E-state index in [4.69, 9.17) is 4.74 Å². The molecule has 1 aromatic heterocycles. The maximum absolute atomic E-state index is 12.5. The van der Waals surface area contributed by atoms with Crippen LogP contribution in [-0.4, -0.2) is 71.0 Å². The maximum Gasteiger partial charge on any atom is 0.317 e. The number of nitrogens with one attached hydrogen (secondary N) is 1. The van der Waals surface area contributed by atoms with Crippen molar-refractivity contribution >= 4 is 6.03 Å². The molecule has 7 heteroatoms. The Morgan fingerprint density at radius 2 is 2.21 bits per heavy atom. The summed E-state index contributed by atoms with van der Waals surface area (Å²) in [5.74, 6) is 0. The van der Waals surface area contributed by atoms with Crippen LogP contribution in [0, 0.1) is 0 Å². The van der Waals surface area contributed by atoms with E-state index in [1.54, 1.807) is 7.11 Å². The molecule has 2 fully saturated rings. The van der Waals surface area contributed by atoms with Gasteiger partial charge < -0.3 is 15.0 Å². The molecule has 2 aliphatic rings. The lowest BCUT2D eigenvalue weighted by Gasteiger charge is -2.24. The van der Waals surface area contributed by atoms with Gasteiger partial charge in [-0.2, -0.15) is 5.10 Å². The van der Waals surface area contributed by atoms with Crippen molar-refractivity contribution in [3.8, 4) is 0 Å². The third-order valence-electron chi connectivity index (χ3n) is 5.09. The molecule has 0 radical (unpaired) electrons. The summed E-state index contributed by atoms with van der Waals surface area (Å²) in [6, 6.07) is 0.345. The minimum absolute atomic E-state index is 0.0833. The van der Waals surface area contributed by atoms with Crippen LogP contribution in [0.2, 0.25) is 0 Å². The molecule has 134 valence electrons. The molecule has 0 bridgehead atoms. The number of hydrogen-bond donors (Lipinski definition) is 1. The first-order valence-corrected chi connectivity index (χ1v) is 8.92. The number of carbonyl (C=O) groups excluding carboxylic acids is 1. The van der Waals surface area contributed by atoms with Crippen molar-refractivity contribution in [1.82, 2.24) is 24.9 Å². The van der Waals surface area contributed by atoms with Gasteiger partial charge in [0.25, 0.3) is 0 Å². The fraction of sp³-hybridized carbons (Fsp3) is 0.765. The summed E-state index contributed by atoms with van der Waals surface area (Å²) in [6.07, 6.45) is 8.28. The second-order valence-electron chi connectivity index (χ2n) is 6.96. The Morgan fingerprint density at radius 1 is 1.33 bits per heavy atom. The van der Waals surface area contributed by atoms with Crippen molar-refractivity contribution in [2.24, 2.45) is 7.05 Å². The number of aryl methyl sites for hydroxylation is 1. The summed E-state index contributed by atoms with van der Waals surface area (Å²) in [4.78, 5) is 16.9. The smallest absolute Gasteiger partial charge is 0.317 e. The third kappa shape index (κ3) is 4.48. The predicted molar refractivity (Wildman–Crippen MR) is 91.6 cm³/mol. The van der Waals surface area contributed by atoms with Crippen LogP contribution in [0.5, 0.6) is 0 Å². The van der Waals surface area contributed by atoms with Gasteiger partial charge >= 0.3 is 6.03 Å². The second-order valence-corrected chi connectivity index (χ2v) is 6.96. The highest BCUT2D eigenvalue weighted by Gasteiger charge is 2.27. The summed E-state index contributed by atoms with van der Waals surface area (Å²) < 4.78 is 7.22. The summed E-state index contributed by atoms with van der Waals surface area (Å²) in [6.45, 7) is 4.45. The molecule has 24 heavy (non-hydrogen) atoms. The average molecular weight is 335 g/mol. The van der Waals surface area contributed by atoms with Gasteiger partial charge in [-0.05, 0) is 25.7 Å². The van der Waals surface area contributed by atoms with Gasteiger partial charge in [-0.3, -0.25) is 9.58 Å². The molecule has 2 atom stereocenters. The molecule has 1 saturated carbocycles. The van der Waals surface area contributed by atoms with Crippen molar-refractivity contribution in [2.45, 2.75) is 44.4 Å². The molecule has 0 aromatic carbocycles. The van der Waals surface area contributed by atoms with Crippen molar-refractivity contribution in [3.63, 3.8) is 0 Å². The Hall–Kier alpha value is -1.60. The monoisotopic (exact) mass is 335 g/mol. The number of urea groups is 1. The quantitative estimate of drug-likeness (QED) is 0.898. The molecule has 2 heterocycles. The summed E-state index contributed by atoms with van der Waals surface area (Å²) in [7, 11) is 3.69. The van der Waals surface area contributed by atoms with Gasteiger partial charge in [-0.25, -0.2) is 4.79 Å². The van der Waals surface area contributed by atoms with Crippen LogP contribution in [0.4, 0.5) is 4.79 Å². The summed E-state index contributed by atoms with van der Waals surface area (Å²) in [5.41, 5.74) is 1.23. The number of rotatable bonds is 4. The van der Waals surface area contributed by atoms with E-state index in [0.29, 0.717) is 6.10 Å². The molecule has 2 unspecified atom stereocenters. The SMILES string of the molecule is COC1CCC(NC(=O)N2CCCN(Cc3cnn(C)c3)CC2)C1. The first kappa shape index (κ1) is 17.2. The van der Waals surface area contributed by atoms with Crippen molar-refractivity contribution in [3.05, 3.63) is 18.0 Å². The highest BCUT2D eigenvalue weighted by atomic mass is 16.5. The van der Waals surface area contributed by atoms with E-state index in [0.717, 1.165) is 58.4 Å². The Labute approximate surface area is 143 Å². The molecule has 1 aliphatic heterocycles. The van der Waals surface area contributed by atoms with Gasteiger partial charge in [0.15, 0.2) is 0 Å². The predicted octanol–water partition coefficient (Wildman–Crippen LogP) is 1.20. The molecule has 0 spiro atoms. The number of hydrogen-bond acceptors (Lipinski definition) is 4. The fourth-order valence-electron chi connectivity index (χ4n) is 3.70. The fourth-order valence-corrected chi connectivity index (χ4v) is 3.70. The molecule has 2 amide bonds. The van der Waals surface area contributed by atoms with Gasteiger partial charge in [0.2, 0.25) is 0 Å². The van der Waals surface area contributed by atoms with Gasteiger partial charge in [-0.1, -0.05) is 0 Å². The van der Waals surface area contributed by atoms with E-state index in [1.165, 1.54) is 5.56 Å². The number of methoxy groups -OCH3 is 1. The molecule has 1 saturated heterocycles.